The number of urea groups is 1. The Morgan fingerprint density at radius 3 is 3.00 bits per heavy atom. The average molecular weight is 345 g/mol. The van der Waals surface area contributed by atoms with Crippen LogP contribution in [-0.2, 0) is 11.2 Å². The molecule has 0 saturated carbocycles. The molecule has 0 radical (unpaired) electrons. The molecular weight excluding hydrogens is 318 g/mol. The average Bonchev–Trinajstić information content (AvgIpc) is 2.77. The minimum absolute atomic E-state index is 0.179. The van der Waals surface area contributed by atoms with Crippen LogP contribution in [0.2, 0.25) is 0 Å². The number of carbonyl (C=O) groups is 2. The molecule has 0 spiro atoms. The van der Waals surface area contributed by atoms with E-state index in [1.165, 1.54) is 0 Å². The molecule has 2 N–H and O–H groups in total. The number of nitrogens with zero attached hydrogens (tertiary/aromatic N) is 1. The highest BCUT2D eigenvalue weighted by Gasteiger charge is 2.17. The molecule has 6 nitrogen and oxygen atoms in total. The van der Waals surface area contributed by atoms with Gasteiger partial charge in [-0.3, -0.25) is 9.69 Å². The topological polar surface area (TPSA) is 70.7 Å². The Labute approximate surface area is 148 Å². The van der Waals surface area contributed by atoms with E-state index in [2.05, 4.69) is 22.5 Å². The van der Waals surface area contributed by atoms with Crippen LogP contribution in [0.4, 0.5) is 10.5 Å². The summed E-state index contributed by atoms with van der Waals surface area (Å²) in [6, 6.07) is 5.42. The van der Waals surface area contributed by atoms with Crippen LogP contribution in [0.5, 0.6) is 0 Å². The molecular formula is C19H27N3O3. The van der Waals surface area contributed by atoms with Crippen LogP contribution >= 0.6 is 0 Å². The molecule has 1 aliphatic heterocycles. The maximum atomic E-state index is 12.2. The molecule has 1 saturated heterocycles. The van der Waals surface area contributed by atoms with E-state index in [0.717, 1.165) is 56.6 Å². The molecule has 1 unspecified atom stereocenters. The van der Waals surface area contributed by atoms with Crippen LogP contribution in [0.1, 0.15) is 42.1 Å². The number of ketones is 1. The van der Waals surface area contributed by atoms with Gasteiger partial charge >= 0.3 is 6.03 Å². The Kier molecular flexibility index (Phi) is 6.04. The number of Topliss-reactive ketones (excluding diaryl/α,β-unsaturated/α-hetero) is 1. The van der Waals surface area contributed by atoms with Crippen molar-refractivity contribution in [3.05, 3.63) is 29.3 Å². The Bertz CT molecular complexity index is 632. The maximum absolute atomic E-state index is 12.2. The molecule has 1 aromatic carbocycles. The minimum atomic E-state index is -0.234. The molecule has 1 fully saturated rings. The first kappa shape index (κ1) is 17.9. The van der Waals surface area contributed by atoms with E-state index < -0.39 is 0 Å². The second-order valence-electron chi connectivity index (χ2n) is 6.87. The zero-order valence-corrected chi connectivity index (χ0v) is 14.8. The van der Waals surface area contributed by atoms with Crippen molar-refractivity contribution in [2.24, 2.45) is 0 Å². The number of carbonyl (C=O) groups excluding carboxylic acids is 2. The van der Waals surface area contributed by atoms with Crippen LogP contribution in [0, 0.1) is 0 Å². The maximum Gasteiger partial charge on any atom is 0.319 e. The van der Waals surface area contributed by atoms with E-state index >= 15 is 0 Å². The fraction of sp³-hybridized carbons (Fsp3) is 0.579. The number of hydrogen-bond acceptors (Lipinski definition) is 4. The van der Waals surface area contributed by atoms with Crippen molar-refractivity contribution >= 4 is 17.5 Å². The van der Waals surface area contributed by atoms with Gasteiger partial charge in [0.05, 0.1) is 12.7 Å². The first-order valence-electron chi connectivity index (χ1n) is 9.17. The zero-order chi connectivity index (χ0) is 17.6. The highest BCUT2D eigenvalue weighted by atomic mass is 16.5. The Morgan fingerprint density at radius 2 is 2.16 bits per heavy atom. The Hall–Kier alpha value is -1.92. The van der Waals surface area contributed by atoms with Crippen LogP contribution in [0.15, 0.2) is 18.2 Å². The lowest BCUT2D eigenvalue weighted by Gasteiger charge is -2.30. The number of amides is 2. The summed E-state index contributed by atoms with van der Waals surface area (Å²) in [5.74, 6) is 0.179. The van der Waals surface area contributed by atoms with E-state index in [1.54, 1.807) is 0 Å². The van der Waals surface area contributed by atoms with E-state index in [4.69, 9.17) is 4.74 Å². The third kappa shape index (κ3) is 5.03. The predicted molar refractivity (Wildman–Crippen MR) is 97.2 cm³/mol. The molecule has 6 heteroatoms. The van der Waals surface area contributed by atoms with E-state index in [-0.39, 0.29) is 17.9 Å². The molecule has 136 valence electrons. The number of anilines is 1. The van der Waals surface area contributed by atoms with Crippen LogP contribution in [0.3, 0.4) is 0 Å². The fourth-order valence-electron chi connectivity index (χ4n) is 3.46. The van der Waals surface area contributed by atoms with Crippen LogP contribution in [0.25, 0.3) is 0 Å². The lowest BCUT2D eigenvalue weighted by molar-refractivity contribution is -0.0174. The molecule has 0 aromatic heterocycles. The van der Waals surface area contributed by atoms with E-state index in [0.29, 0.717) is 18.7 Å². The molecule has 2 amide bonds. The lowest BCUT2D eigenvalue weighted by Crippen LogP contribution is -2.45. The van der Waals surface area contributed by atoms with Gasteiger partial charge < -0.3 is 15.4 Å². The third-order valence-electron chi connectivity index (χ3n) is 4.81. The number of hydrogen-bond donors (Lipinski definition) is 2. The summed E-state index contributed by atoms with van der Waals surface area (Å²) in [6.45, 7) is 6.01. The van der Waals surface area contributed by atoms with Crippen molar-refractivity contribution in [2.75, 3.05) is 38.1 Å². The molecule has 1 atom stereocenters. The molecule has 25 heavy (non-hydrogen) atoms. The summed E-state index contributed by atoms with van der Waals surface area (Å²) in [7, 11) is 0. The highest BCUT2D eigenvalue weighted by Crippen LogP contribution is 2.23. The standard InChI is InChI=1S/C19H27N3O3/c1-14-13-22(10-11-25-14)9-8-20-19(24)21-16-7-6-15-4-2-3-5-18(23)17(15)12-16/h6-7,12,14H,2-5,8-11,13H2,1H3,(H2,20,21,24). The van der Waals surface area contributed by atoms with Crippen molar-refractivity contribution in [1.82, 2.24) is 10.2 Å². The van der Waals surface area contributed by atoms with Gasteiger partial charge in [0.2, 0.25) is 0 Å². The van der Waals surface area contributed by atoms with Gasteiger partial charge in [0.15, 0.2) is 5.78 Å². The smallest absolute Gasteiger partial charge is 0.319 e. The van der Waals surface area contributed by atoms with E-state index in [9.17, 15) is 9.59 Å². The molecule has 0 bridgehead atoms. The molecule has 1 aromatic rings. The minimum Gasteiger partial charge on any atom is -0.376 e. The first-order chi connectivity index (χ1) is 12.1. The van der Waals surface area contributed by atoms with Gasteiger partial charge in [-0.15, -0.1) is 0 Å². The third-order valence-corrected chi connectivity index (χ3v) is 4.81. The fourth-order valence-corrected chi connectivity index (χ4v) is 3.46. The number of fused-ring (bicyclic) bond motifs is 1. The summed E-state index contributed by atoms with van der Waals surface area (Å²) >= 11 is 0. The number of nitrogens with one attached hydrogen (secondary N) is 2. The molecule has 1 aliphatic carbocycles. The quantitative estimate of drug-likeness (QED) is 0.822. The van der Waals surface area contributed by atoms with Crippen molar-refractivity contribution in [3.8, 4) is 0 Å². The summed E-state index contributed by atoms with van der Waals surface area (Å²) in [6.07, 6.45) is 3.77. The van der Waals surface area contributed by atoms with Gasteiger partial charge in [0.25, 0.3) is 0 Å². The second-order valence-corrected chi connectivity index (χ2v) is 6.87. The largest absolute Gasteiger partial charge is 0.376 e. The number of aryl methyl sites for hydroxylation is 1. The summed E-state index contributed by atoms with van der Waals surface area (Å²) in [5.41, 5.74) is 2.53. The number of rotatable bonds is 4. The zero-order valence-electron chi connectivity index (χ0n) is 14.8. The summed E-state index contributed by atoms with van der Waals surface area (Å²) in [4.78, 5) is 26.5. The van der Waals surface area contributed by atoms with Gasteiger partial charge in [-0.25, -0.2) is 4.79 Å². The van der Waals surface area contributed by atoms with E-state index in [1.807, 2.05) is 18.2 Å². The van der Waals surface area contributed by atoms with Crippen molar-refractivity contribution in [1.29, 1.82) is 0 Å². The van der Waals surface area contributed by atoms with Crippen LogP contribution in [-0.4, -0.2) is 55.6 Å². The SMILES string of the molecule is CC1CN(CCNC(=O)Nc2ccc3c(c2)C(=O)CCCC3)CCO1. The van der Waals surface area contributed by atoms with Gasteiger partial charge in [0, 0.05) is 43.9 Å². The number of morpholine rings is 1. The van der Waals surface area contributed by atoms with Crippen LogP contribution < -0.4 is 10.6 Å². The van der Waals surface area contributed by atoms with Crippen molar-refractivity contribution < 1.29 is 14.3 Å². The van der Waals surface area contributed by atoms with Crippen molar-refractivity contribution in [2.45, 2.75) is 38.7 Å². The number of benzene rings is 1. The predicted octanol–water partition coefficient (Wildman–Crippen LogP) is 2.44. The second kappa shape index (κ2) is 8.45. The summed E-state index contributed by atoms with van der Waals surface area (Å²) in [5, 5.41) is 5.71. The van der Waals surface area contributed by atoms with Gasteiger partial charge in [0.1, 0.15) is 0 Å². The highest BCUT2D eigenvalue weighted by molar-refractivity contribution is 5.99. The van der Waals surface area contributed by atoms with Gasteiger partial charge in [-0.1, -0.05) is 6.07 Å². The molecule has 2 aliphatic rings. The van der Waals surface area contributed by atoms with Gasteiger partial charge in [-0.2, -0.15) is 0 Å². The first-order valence-corrected chi connectivity index (χ1v) is 9.17. The number of ether oxygens (including phenoxy) is 1. The monoisotopic (exact) mass is 345 g/mol. The summed E-state index contributed by atoms with van der Waals surface area (Å²) < 4.78 is 5.51. The molecule has 1 heterocycles. The Balaban J connectivity index is 1.48. The van der Waals surface area contributed by atoms with Crippen molar-refractivity contribution in [3.63, 3.8) is 0 Å². The van der Waals surface area contributed by atoms with Gasteiger partial charge in [-0.05, 0) is 43.9 Å². The normalized spacial score (nSPS) is 21.3. The molecule has 3 rings (SSSR count). The lowest BCUT2D eigenvalue weighted by atomic mass is 10.0. The Morgan fingerprint density at radius 1 is 1.32 bits per heavy atom.